The van der Waals surface area contributed by atoms with Gasteiger partial charge < -0.3 is 0 Å². The summed E-state index contributed by atoms with van der Waals surface area (Å²) in [6, 6.07) is 0. The predicted molar refractivity (Wildman–Crippen MR) is 31.8 cm³/mol. The molecule has 1 aliphatic heterocycles. The average Bonchev–Trinajstić information content (AvgIpc) is 2.12. The van der Waals surface area contributed by atoms with Crippen LogP contribution in [-0.4, -0.2) is 30.9 Å². The van der Waals surface area contributed by atoms with Crippen molar-refractivity contribution < 1.29 is 17.9 Å². The van der Waals surface area contributed by atoms with Crippen LogP contribution in [0.2, 0.25) is 0 Å². The summed E-state index contributed by atoms with van der Waals surface area (Å²) in [7, 11) is 1.43. The molecule has 0 saturated heterocycles. The van der Waals surface area contributed by atoms with Crippen LogP contribution in [-0.2, 0) is 4.74 Å². The first-order valence-corrected chi connectivity index (χ1v) is 2.99. The molecule has 0 N–H and O–H groups in total. The zero-order valence-corrected chi connectivity index (χ0v) is 5.80. The molecular formula is C5H7F3N2O. The molecule has 0 aromatic heterocycles. The third-order valence-corrected chi connectivity index (χ3v) is 1.26. The Hall–Kier alpha value is -0.780. The van der Waals surface area contributed by atoms with E-state index in [0.29, 0.717) is 0 Å². The highest BCUT2D eigenvalue weighted by Crippen LogP contribution is 2.22. The summed E-state index contributed by atoms with van der Waals surface area (Å²) in [6.07, 6.45) is -4.01. The van der Waals surface area contributed by atoms with Gasteiger partial charge in [0.1, 0.15) is 0 Å². The first-order chi connectivity index (χ1) is 4.99. The Labute approximate surface area is 61.4 Å². The van der Waals surface area contributed by atoms with Gasteiger partial charge in [0.05, 0.1) is 0 Å². The van der Waals surface area contributed by atoms with Gasteiger partial charge in [-0.3, -0.25) is 9.75 Å². The zero-order valence-electron chi connectivity index (χ0n) is 5.80. The minimum absolute atomic E-state index is 0.177. The minimum Gasteiger partial charge on any atom is -0.272 e. The van der Waals surface area contributed by atoms with Crippen LogP contribution in [0.5, 0.6) is 0 Å². The molecule has 0 radical (unpaired) electrons. The molecular weight excluding hydrogens is 161 g/mol. The van der Waals surface area contributed by atoms with E-state index in [9.17, 15) is 13.2 Å². The lowest BCUT2D eigenvalue weighted by Crippen LogP contribution is -2.31. The van der Waals surface area contributed by atoms with Crippen molar-refractivity contribution in [3.8, 4) is 0 Å². The number of halogens is 3. The molecule has 0 fully saturated rings. The fraction of sp³-hybridized carbons (Fsp3) is 0.800. The molecule has 1 rings (SSSR count). The summed E-state index contributed by atoms with van der Waals surface area (Å²) in [6.45, 7) is 0. The second-order valence-corrected chi connectivity index (χ2v) is 2.13. The molecule has 0 aromatic carbocycles. The third-order valence-electron chi connectivity index (χ3n) is 1.26. The maximum absolute atomic E-state index is 11.6. The first-order valence-electron chi connectivity index (χ1n) is 2.99. The monoisotopic (exact) mass is 168 g/mol. The van der Waals surface area contributed by atoms with Crippen molar-refractivity contribution >= 4 is 6.21 Å². The highest BCUT2D eigenvalue weighted by Gasteiger charge is 2.35. The van der Waals surface area contributed by atoms with Crippen molar-refractivity contribution in [2.24, 2.45) is 5.10 Å². The molecule has 6 heteroatoms. The molecule has 1 aliphatic rings. The van der Waals surface area contributed by atoms with E-state index in [0.717, 1.165) is 5.01 Å². The first kappa shape index (κ1) is 8.32. The minimum atomic E-state index is -4.58. The highest BCUT2D eigenvalue weighted by atomic mass is 19.4. The Balaban J connectivity index is 2.40. The van der Waals surface area contributed by atoms with E-state index in [1.54, 1.807) is 0 Å². The van der Waals surface area contributed by atoms with Crippen molar-refractivity contribution in [1.82, 2.24) is 5.01 Å². The molecule has 0 aliphatic carbocycles. The summed E-state index contributed by atoms with van der Waals surface area (Å²) in [5, 5.41) is 4.72. The lowest BCUT2D eigenvalue weighted by atomic mass is 10.4. The van der Waals surface area contributed by atoms with Gasteiger partial charge in [0.2, 0.25) is 0 Å². The molecule has 1 atom stereocenters. The topological polar surface area (TPSA) is 24.8 Å². The molecule has 0 spiro atoms. The number of hydrogen-bond donors (Lipinski definition) is 0. The molecule has 0 saturated carbocycles. The van der Waals surface area contributed by atoms with Gasteiger partial charge in [-0.25, -0.2) is 0 Å². The Morgan fingerprint density at radius 1 is 1.64 bits per heavy atom. The van der Waals surface area contributed by atoms with E-state index >= 15 is 0 Å². The van der Waals surface area contributed by atoms with Gasteiger partial charge in [0, 0.05) is 19.7 Å². The van der Waals surface area contributed by atoms with Crippen molar-refractivity contribution in [3.63, 3.8) is 0 Å². The van der Waals surface area contributed by atoms with Gasteiger partial charge in [-0.15, -0.1) is 13.2 Å². The summed E-state index contributed by atoms with van der Waals surface area (Å²) >= 11 is 0. The number of alkyl halides is 3. The average molecular weight is 168 g/mol. The molecule has 1 unspecified atom stereocenters. The number of ether oxygens (including phenoxy) is 1. The Kier molecular flexibility index (Phi) is 2.03. The second-order valence-electron chi connectivity index (χ2n) is 2.13. The maximum atomic E-state index is 11.6. The van der Waals surface area contributed by atoms with Crippen molar-refractivity contribution in [2.75, 3.05) is 7.05 Å². The lowest BCUT2D eigenvalue weighted by Gasteiger charge is -2.20. The maximum Gasteiger partial charge on any atom is 0.524 e. The SMILES string of the molecule is CN1N=CCC1OC(F)(F)F. The Bertz CT molecular complexity index is 168. The van der Waals surface area contributed by atoms with Crippen molar-refractivity contribution in [3.05, 3.63) is 0 Å². The van der Waals surface area contributed by atoms with Gasteiger partial charge in [0.15, 0.2) is 6.23 Å². The summed E-state index contributed by atoms with van der Waals surface area (Å²) in [4.78, 5) is 0. The van der Waals surface area contributed by atoms with Crippen LogP contribution < -0.4 is 0 Å². The van der Waals surface area contributed by atoms with Crippen molar-refractivity contribution in [1.29, 1.82) is 0 Å². The number of nitrogens with zero attached hydrogens (tertiary/aromatic N) is 2. The zero-order chi connectivity index (χ0) is 8.48. The van der Waals surface area contributed by atoms with Crippen LogP contribution in [0.15, 0.2) is 5.10 Å². The van der Waals surface area contributed by atoms with Gasteiger partial charge in [-0.2, -0.15) is 5.10 Å². The van der Waals surface area contributed by atoms with E-state index in [4.69, 9.17) is 0 Å². The number of hydrogen-bond acceptors (Lipinski definition) is 3. The largest absolute Gasteiger partial charge is 0.524 e. The summed E-state index contributed by atoms with van der Waals surface area (Å²) < 4.78 is 38.4. The molecule has 64 valence electrons. The Morgan fingerprint density at radius 2 is 2.27 bits per heavy atom. The number of rotatable bonds is 1. The van der Waals surface area contributed by atoms with E-state index in [1.807, 2.05) is 0 Å². The summed E-state index contributed by atoms with van der Waals surface area (Å²) in [5.74, 6) is 0. The Morgan fingerprint density at radius 3 is 2.64 bits per heavy atom. The van der Waals surface area contributed by atoms with Crippen LogP contribution in [0.25, 0.3) is 0 Å². The van der Waals surface area contributed by atoms with Crippen LogP contribution in [0.4, 0.5) is 13.2 Å². The van der Waals surface area contributed by atoms with Gasteiger partial charge in [-0.05, 0) is 0 Å². The molecule has 0 bridgehead atoms. The fourth-order valence-electron chi connectivity index (χ4n) is 0.772. The van der Waals surface area contributed by atoms with E-state index in [2.05, 4.69) is 9.84 Å². The van der Waals surface area contributed by atoms with Crippen LogP contribution >= 0.6 is 0 Å². The van der Waals surface area contributed by atoms with Gasteiger partial charge in [0.25, 0.3) is 0 Å². The molecule has 3 nitrogen and oxygen atoms in total. The van der Waals surface area contributed by atoms with Crippen molar-refractivity contribution in [2.45, 2.75) is 19.0 Å². The van der Waals surface area contributed by atoms with E-state index in [-0.39, 0.29) is 6.42 Å². The quantitative estimate of drug-likeness (QED) is 0.587. The highest BCUT2D eigenvalue weighted by molar-refractivity contribution is 5.59. The second kappa shape index (κ2) is 2.69. The fourth-order valence-corrected chi connectivity index (χ4v) is 0.772. The smallest absolute Gasteiger partial charge is 0.272 e. The van der Waals surface area contributed by atoms with Gasteiger partial charge >= 0.3 is 6.36 Å². The number of hydrazone groups is 1. The van der Waals surface area contributed by atoms with Crippen LogP contribution in [0, 0.1) is 0 Å². The van der Waals surface area contributed by atoms with E-state index in [1.165, 1.54) is 13.3 Å². The molecule has 0 aromatic rings. The predicted octanol–water partition coefficient (Wildman–Crippen LogP) is 1.17. The summed E-state index contributed by atoms with van der Waals surface area (Å²) in [5.41, 5.74) is 0. The normalized spacial score (nSPS) is 24.7. The standard InChI is InChI=1S/C5H7F3N2O/c1-10-4(2-3-9-10)11-5(6,7)8/h3-4H,2H2,1H3. The van der Waals surface area contributed by atoms with Crippen LogP contribution in [0.1, 0.15) is 6.42 Å². The van der Waals surface area contributed by atoms with Gasteiger partial charge in [-0.1, -0.05) is 0 Å². The molecule has 11 heavy (non-hydrogen) atoms. The third kappa shape index (κ3) is 2.38. The lowest BCUT2D eigenvalue weighted by molar-refractivity contribution is -0.356. The van der Waals surface area contributed by atoms with E-state index < -0.39 is 12.6 Å². The van der Waals surface area contributed by atoms with Crippen LogP contribution in [0.3, 0.4) is 0 Å². The molecule has 0 amide bonds. The molecule has 1 heterocycles.